The van der Waals surface area contributed by atoms with Crippen LogP contribution in [0.4, 0.5) is 5.69 Å². The molecule has 12 nitrogen and oxygen atoms in total. The molecule has 3 aromatic rings. The van der Waals surface area contributed by atoms with Gasteiger partial charge in [-0.05, 0) is 51.5 Å². The number of aliphatic carboxylic acids is 1. The Balaban J connectivity index is 1.95. The molecule has 1 aromatic heterocycles. The minimum atomic E-state index is -4.38. The van der Waals surface area contributed by atoms with E-state index in [1.54, 1.807) is 25.9 Å². The number of hydrogen-bond donors (Lipinski definition) is 3. The van der Waals surface area contributed by atoms with E-state index < -0.39 is 34.6 Å². The molecule has 210 valence electrons. The lowest BCUT2D eigenvalue weighted by molar-refractivity contribution is -0.138. The van der Waals surface area contributed by atoms with Crippen LogP contribution in [0.2, 0.25) is 0 Å². The van der Waals surface area contributed by atoms with Gasteiger partial charge in [-0.25, -0.2) is 18.1 Å². The average molecular weight is 578 g/mol. The van der Waals surface area contributed by atoms with Crippen molar-refractivity contribution in [1.29, 1.82) is 0 Å². The third-order valence-corrected chi connectivity index (χ3v) is 7.62. The van der Waals surface area contributed by atoms with Crippen LogP contribution in [0.25, 0.3) is 11.0 Å². The fourth-order valence-electron chi connectivity index (χ4n) is 3.85. The first-order chi connectivity index (χ1) is 18.4. The molecule has 14 heteroatoms. The maximum absolute atomic E-state index is 13.2. The van der Waals surface area contributed by atoms with Gasteiger partial charge in [0.2, 0.25) is 15.9 Å². The number of amides is 1. The van der Waals surface area contributed by atoms with Gasteiger partial charge in [0.15, 0.2) is 5.16 Å². The predicted octanol–water partition coefficient (Wildman–Crippen LogP) is 2.05. The Bertz CT molecular complexity index is 1460. The number of nitrogens with one attached hydrogen (secondary N) is 2. The number of thioether (sulfide) groups is 1. The van der Waals surface area contributed by atoms with Crippen LogP contribution in [0.1, 0.15) is 13.3 Å². The number of fused-ring (bicyclic) bond motifs is 1. The van der Waals surface area contributed by atoms with Crippen molar-refractivity contribution in [2.45, 2.75) is 42.1 Å². The Morgan fingerprint density at radius 2 is 1.95 bits per heavy atom. The molecule has 0 bridgehead atoms. The lowest BCUT2D eigenvalue weighted by atomic mass is 10.2. The zero-order chi connectivity index (χ0) is 28.7. The molecule has 3 N–H and O–H groups in total. The van der Waals surface area contributed by atoms with Crippen LogP contribution in [0.3, 0.4) is 0 Å². The molecule has 0 saturated heterocycles. The highest BCUT2D eigenvalue weighted by Crippen LogP contribution is 2.30. The number of aromatic nitrogens is 2. The van der Waals surface area contributed by atoms with Gasteiger partial charge in [-0.2, -0.15) is 0 Å². The van der Waals surface area contributed by atoms with E-state index in [0.717, 1.165) is 16.2 Å². The van der Waals surface area contributed by atoms with Crippen LogP contribution in [0, 0.1) is 0 Å². The van der Waals surface area contributed by atoms with Gasteiger partial charge in [-0.3, -0.25) is 9.59 Å². The van der Waals surface area contributed by atoms with Crippen molar-refractivity contribution in [3.63, 3.8) is 0 Å². The molecule has 0 aliphatic heterocycles. The number of rotatable bonds is 14. The van der Waals surface area contributed by atoms with E-state index in [0.29, 0.717) is 12.2 Å². The van der Waals surface area contributed by atoms with Crippen LogP contribution < -0.4 is 14.8 Å². The number of para-hydroxylation sites is 2. The third-order valence-electron chi connectivity index (χ3n) is 5.41. The smallest absolute Gasteiger partial charge is 0.305 e. The molecular weight excluding hydrogens is 546 g/mol. The van der Waals surface area contributed by atoms with Crippen LogP contribution in [0.15, 0.2) is 52.5 Å². The summed E-state index contributed by atoms with van der Waals surface area (Å²) in [4.78, 5) is 40.7. The summed E-state index contributed by atoms with van der Waals surface area (Å²) in [5.41, 5.74) is 2.00. The Morgan fingerprint density at radius 1 is 1.23 bits per heavy atom. The molecule has 39 heavy (non-hydrogen) atoms. The number of likely N-dealkylation sites (N-methyl/N-ethyl adjacent to an activating group) is 1. The first-order valence-corrected chi connectivity index (χ1v) is 14.6. The quantitative estimate of drug-likeness (QED) is 0.191. The van der Waals surface area contributed by atoms with Crippen LogP contribution >= 0.6 is 11.8 Å². The van der Waals surface area contributed by atoms with E-state index in [1.807, 2.05) is 35.1 Å². The number of carboxylic acid groups (broad SMARTS) is 1. The molecule has 2 aromatic carbocycles. The number of aldehydes is 1. The largest absolute Gasteiger partial charge is 0.487 e. The Hall–Kier alpha value is -3.46. The molecule has 0 aliphatic carbocycles. The number of ether oxygens (including phenoxy) is 1. The summed E-state index contributed by atoms with van der Waals surface area (Å²) in [6.45, 7) is 2.20. The van der Waals surface area contributed by atoms with E-state index in [9.17, 15) is 22.8 Å². The third kappa shape index (κ3) is 8.02. The maximum Gasteiger partial charge on any atom is 0.305 e. The van der Waals surface area contributed by atoms with Crippen molar-refractivity contribution >= 4 is 56.7 Å². The number of benzene rings is 2. The Labute approximate surface area is 230 Å². The second-order valence-electron chi connectivity index (χ2n) is 9.04. The molecule has 0 radical (unpaired) electrons. The number of hydrogen-bond acceptors (Lipinski definition) is 9. The van der Waals surface area contributed by atoms with Gasteiger partial charge >= 0.3 is 5.97 Å². The molecule has 0 spiro atoms. The van der Waals surface area contributed by atoms with Crippen molar-refractivity contribution in [1.82, 2.24) is 19.2 Å². The number of imidazole rings is 1. The Kier molecular flexibility index (Phi) is 10.1. The van der Waals surface area contributed by atoms with Gasteiger partial charge in [0, 0.05) is 11.8 Å². The summed E-state index contributed by atoms with van der Waals surface area (Å²) in [5, 5.41) is 12.5. The summed E-state index contributed by atoms with van der Waals surface area (Å²) >= 11 is 1.46. The second-order valence-corrected chi connectivity index (χ2v) is 11.5. The summed E-state index contributed by atoms with van der Waals surface area (Å²) in [6.07, 6.45) is 0.842. The highest BCUT2D eigenvalue weighted by Gasteiger charge is 2.27. The van der Waals surface area contributed by atoms with Crippen molar-refractivity contribution in [3.8, 4) is 5.75 Å². The first kappa shape index (κ1) is 30.1. The fourth-order valence-corrected chi connectivity index (χ4v) is 5.72. The molecule has 0 aliphatic rings. The molecule has 3 rings (SSSR count). The molecule has 0 saturated carbocycles. The average Bonchev–Trinajstić information content (AvgIpc) is 3.20. The zero-order valence-electron chi connectivity index (χ0n) is 21.9. The van der Waals surface area contributed by atoms with E-state index in [-0.39, 0.29) is 29.4 Å². The summed E-state index contributed by atoms with van der Waals surface area (Å²) in [6, 6.07) is 10.1. The van der Waals surface area contributed by atoms with Crippen molar-refractivity contribution in [3.05, 3.63) is 42.5 Å². The van der Waals surface area contributed by atoms with Gasteiger partial charge in [-0.1, -0.05) is 23.9 Å². The fraction of sp³-hybridized carbons (Fsp3) is 0.360. The number of carbonyl (C=O) groups excluding carboxylic acids is 2. The zero-order valence-corrected chi connectivity index (χ0v) is 23.6. The number of nitrogens with zero attached hydrogens (tertiary/aromatic N) is 3. The number of carbonyl (C=O) groups is 3. The van der Waals surface area contributed by atoms with Crippen LogP contribution in [-0.4, -0.2) is 85.2 Å². The minimum Gasteiger partial charge on any atom is -0.487 e. The predicted molar refractivity (Wildman–Crippen MR) is 148 cm³/mol. The summed E-state index contributed by atoms with van der Waals surface area (Å²) in [7, 11) is -0.908. The number of sulfonamides is 1. The normalized spacial score (nSPS) is 13.3. The lowest BCUT2D eigenvalue weighted by Gasteiger charge is -2.21. The van der Waals surface area contributed by atoms with E-state index in [1.165, 1.54) is 30.0 Å². The number of carboxylic acids is 1. The standard InChI is InChI=1S/C25H31N5O7S2/c1-16(13-30-20-8-6-5-7-19(20)27-25(30)38-4)37-21-11-17(26-23(32)14-29(2)3)9-10-22(21)39(35,36)28-18(15-31)12-24(33)34/h5-11,15-16,18,28H,12-14H2,1-4H3,(H,26,32)(H,33,34)/t16-,18?/m1/s1. The maximum atomic E-state index is 13.2. The summed E-state index contributed by atoms with van der Waals surface area (Å²) in [5.74, 6) is -1.73. The second kappa shape index (κ2) is 13.1. The SMILES string of the molecule is CSc1nc2ccccc2n1C[C@@H](C)Oc1cc(NC(=O)CN(C)C)ccc1S(=O)(=O)NC(C=O)CC(=O)O. The highest BCUT2D eigenvalue weighted by atomic mass is 32.2. The minimum absolute atomic E-state index is 0.0762. The number of anilines is 1. The van der Waals surface area contributed by atoms with Gasteiger partial charge in [0.25, 0.3) is 0 Å². The first-order valence-electron chi connectivity index (χ1n) is 11.9. The van der Waals surface area contributed by atoms with Crippen molar-refractivity contribution in [2.75, 3.05) is 32.2 Å². The van der Waals surface area contributed by atoms with Gasteiger partial charge in [0.05, 0.1) is 36.6 Å². The Morgan fingerprint density at radius 3 is 2.59 bits per heavy atom. The topological polar surface area (TPSA) is 160 Å². The van der Waals surface area contributed by atoms with Crippen molar-refractivity contribution < 1.29 is 32.6 Å². The molecule has 1 amide bonds. The van der Waals surface area contributed by atoms with Crippen LogP contribution in [0.5, 0.6) is 5.75 Å². The molecule has 1 heterocycles. The molecular formula is C25H31N5O7S2. The molecule has 0 fully saturated rings. The van der Waals surface area contributed by atoms with Gasteiger partial charge in [-0.15, -0.1) is 0 Å². The van der Waals surface area contributed by atoms with E-state index in [4.69, 9.17) is 9.84 Å². The highest BCUT2D eigenvalue weighted by molar-refractivity contribution is 7.98. The van der Waals surface area contributed by atoms with Gasteiger partial charge in [0.1, 0.15) is 23.0 Å². The molecule has 1 unspecified atom stereocenters. The van der Waals surface area contributed by atoms with Gasteiger partial charge < -0.3 is 29.4 Å². The monoisotopic (exact) mass is 577 g/mol. The van der Waals surface area contributed by atoms with E-state index >= 15 is 0 Å². The lowest BCUT2D eigenvalue weighted by Crippen LogP contribution is -2.38. The molecule has 2 atom stereocenters. The van der Waals surface area contributed by atoms with Crippen molar-refractivity contribution in [2.24, 2.45) is 0 Å². The van der Waals surface area contributed by atoms with E-state index in [2.05, 4.69) is 15.0 Å². The van der Waals surface area contributed by atoms with Crippen LogP contribution in [-0.2, 0) is 31.0 Å². The summed E-state index contributed by atoms with van der Waals surface area (Å²) < 4.78 is 36.6.